The zero-order valence-corrected chi connectivity index (χ0v) is 13.3. The third-order valence-electron chi connectivity index (χ3n) is 4.02. The topological polar surface area (TPSA) is 20.3 Å². The summed E-state index contributed by atoms with van der Waals surface area (Å²) in [4.78, 5) is 14.1. The molecule has 1 atom stereocenters. The van der Waals surface area contributed by atoms with E-state index in [2.05, 4.69) is 0 Å². The van der Waals surface area contributed by atoms with Gasteiger partial charge in [-0.3, -0.25) is 4.79 Å². The van der Waals surface area contributed by atoms with Crippen LogP contribution in [0.3, 0.4) is 0 Å². The lowest BCUT2D eigenvalue weighted by Gasteiger charge is -2.23. The third-order valence-corrected chi connectivity index (χ3v) is 4.02. The fourth-order valence-electron chi connectivity index (χ4n) is 2.60. The smallest absolute Gasteiger partial charge is 0.229 e. The maximum absolute atomic E-state index is 14.4. The minimum absolute atomic E-state index is 0.0388. The van der Waals surface area contributed by atoms with Gasteiger partial charge in [-0.1, -0.05) is 42.5 Å². The number of rotatable bonds is 5. The molecule has 0 aliphatic rings. The maximum Gasteiger partial charge on any atom is 0.229 e. The number of likely N-dealkylation sites (N-methyl/N-ethyl adjacent to an activating group) is 1. The van der Waals surface area contributed by atoms with Crippen LogP contribution in [-0.2, 0) is 4.79 Å². The summed E-state index contributed by atoms with van der Waals surface area (Å²) in [6, 6.07) is 14.5. The minimum atomic E-state index is -0.334. The zero-order chi connectivity index (χ0) is 16.1. The molecule has 2 nitrogen and oxygen atoms in total. The standard InChI is InChI=1S/C19H22FNO/c1-4-21(5-2)19(22)14(3)16-11-12-17(18(20)13-16)15-9-7-6-8-10-15/h6-14H,4-5H2,1-3H3. The van der Waals surface area contributed by atoms with E-state index in [1.807, 2.05) is 57.2 Å². The van der Waals surface area contributed by atoms with Gasteiger partial charge in [0.2, 0.25) is 5.91 Å². The van der Waals surface area contributed by atoms with Gasteiger partial charge in [0.05, 0.1) is 5.92 Å². The summed E-state index contributed by atoms with van der Waals surface area (Å²) in [7, 11) is 0. The molecule has 0 aliphatic carbocycles. The largest absolute Gasteiger partial charge is 0.343 e. The highest BCUT2D eigenvalue weighted by molar-refractivity contribution is 5.83. The van der Waals surface area contributed by atoms with Gasteiger partial charge in [-0.15, -0.1) is 0 Å². The van der Waals surface area contributed by atoms with Crippen LogP contribution < -0.4 is 0 Å². The van der Waals surface area contributed by atoms with Gasteiger partial charge in [0, 0.05) is 18.7 Å². The first-order valence-electron chi connectivity index (χ1n) is 7.72. The van der Waals surface area contributed by atoms with E-state index in [1.165, 1.54) is 6.07 Å². The Balaban J connectivity index is 2.28. The van der Waals surface area contributed by atoms with Gasteiger partial charge in [-0.05, 0) is 38.0 Å². The predicted octanol–water partition coefficient (Wildman–Crippen LogP) is 4.46. The Bertz CT molecular complexity index is 635. The highest BCUT2D eigenvalue weighted by Gasteiger charge is 2.21. The Morgan fingerprint density at radius 1 is 1.09 bits per heavy atom. The van der Waals surface area contributed by atoms with E-state index in [0.29, 0.717) is 24.2 Å². The molecular formula is C19H22FNO. The molecule has 0 radical (unpaired) electrons. The van der Waals surface area contributed by atoms with Crippen molar-refractivity contribution in [3.8, 4) is 11.1 Å². The summed E-state index contributed by atoms with van der Waals surface area (Å²) in [5.41, 5.74) is 2.12. The van der Waals surface area contributed by atoms with Crippen LogP contribution in [0.1, 0.15) is 32.3 Å². The first-order chi connectivity index (χ1) is 10.6. The van der Waals surface area contributed by atoms with E-state index in [9.17, 15) is 9.18 Å². The van der Waals surface area contributed by atoms with E-state index in [-0.39, 0.29) is 17.6 Å². The number of halogens is 1. The van der Waals surface area contributed by atoms with Crippen molar-refractivity contribution in [3.05, 3.63) is 59.9 Å². The third kappa shape index (κ3) is 3.35. The van der Waals surface area contributed by atoms with E-state index in [4.69, 9.17) is 0 Å². The van der Waals surface area contributed by atoms with Crippen molar-refractivity contribution in [2.45, 2.75) is 26.7 Å². The van der Waals surface area contributed by atoms with Crippen molar-refractivity contribution in [1.82, 2.24) is 4.90 Å². The molecule has 0 heterocycles. The van der Waals surface area contributed by atoms with E-state index in [1.54, 1.807) is 11.0 Å². The van der Waals surface area contributed by atoms with Crippen molar-refractivity contribution >= 4 is 5.91 Å². The molecule has 2 aromatic carbocycles. The molecule has 0 saturated carbocycles. The Kier molecular flexibility index (Phi) is 5.31. The van der Waals surface area contributed by atoms with E-state index < -0.39 is 0 Å². The number of hydrogen-bond donors (Lipinski definition) is 0. The van der Waals surface area contributed by atoms with Gasteiger partial charge < -0.3 is 4.90 Å². The number of nitrogens with zero attached hydrogens (tertiary/aromatic N) is 1. The second kappa shape index (κ2) is 7.21. The van der Waals surface area contributed by atoms with Gasteiger partial charge >= 0.3 is 0 Å². The van der Waals surface area contributed by atoms with Crippen molar-refractivity contribution in [1.29, 1.82) is 0 Å². The normalized spacial score (nSPS) is 12.0. The lowest BCUT2D eigenvalue weighted by molar-refractivity contribution is -0.132. The molecule has 0 spiro atoms. The average molecular weight is 299 g/mol. The number of amides is 1. The van der Waals surface area contributed by atoms with Crippen LogP contribution in [0.2, 0.25) is 0 Å². The van der Waals surface area contributed by atoms with Gasteiger partial charge in [-0.2, -0.15) is 0 Å². The summed E-state index contributed by atoms with van der Waals surface area (Å²) >= 11 is 0. The molecule has 0 aromatic heterocycles. The number of carbonyl (C=O) groups excluding carboxylic acids is 1. The van der Waals surface area contributed by atoms with Crippen LogP contribution >= 0.6 is 0 Å². The molecular weight excluding hydrogens is 277 g/mol. The van der Waals surface area contributed by atoms with Gasteiger partial charge in [0.15, 0.2) is 0 Å². The molecule has 0 fully saturated rings. The molecule has 1 unspecified atom stereocenters. The first-order valence-corrected chi connectivity index (χ1v) is 7.72. The number of hydrogen-bond acceptors (Lipinski definition) is 1. The van der Waals surface area contributed by atoms with E-state index >= 15 is 0 Å². The Morgan fingerprint density at radius 3 is 2.27 bits per heavy atom. The molecule has 116 valence electrons. The highest BCUT2D eigenvalue weighted by Crippen LogP contribution is 2.27. The summed E-state index contributed by atoms with van der Waals surface area (Å²) in [6.07, 6.45) is 0. The Hall–Kier alpha value is -2.16. The molecule has 2 rings (SSSR count). The molecule has 0 bridgehead atoms. The predicted molar refractivity (Wildman–Crippen MR) is 88.2 cm³/mol. The molecule has 3 heteroatoms. The summed E-state index contributed by atoms with van der Waals surface area (Å²) in [5, 5.41) is 0. The van der Waals surface area contributed by atoms with Crippen LogP contribution in [0.25, 0.3) is 11.1 Å². The number of benzene rings is 2. The first kappa shape index (κ1) is 16.2. The van der Waals surface area contributed by atoms with Crippen LogP contribution in [0.4, 0.5) is 4.39 Å². The van der Waals surface area contributed by atoms with Gasteiger partial charge in [0.25, 0.3) is 0 Å². The lowest BCUT2D eigenvalue weighted by Crippen LogP contribution is -2.33. The lowest BCUT2D eigenvalue weighted by atomic mass is 9.96. The molecule has 0 N–H and O–H groups in total. The van der Waals surface area contributed by atoms with Crippen molar-refractivity contribution in [3.63, 3.8) is 0 Å². The van der Waals surface area contributed by atoms with Crippen LogP contribution in [0.5, 0.6) is 0 Å². The molecule has 0 saturated heterocycles. The Labute approximate surface area is 131 Å². The maximum atomic E-state index is 14.4. The number of carbonyl (C=O) groups is 1. The second-order valence-electron chi connectivity index (χ2n) is 5.34. The van der Waals surface area contributed by atoms with Crippen molar-refractivity contribution < 1.29 is 9.18 Å². The highest BCUT2D eigenvalue weighted by atomic mass is 19.1. The van der Waals surface area contributed by atoms with Crippen LogP contribution in [-0.4, -0.2) is 23.9 Å². The summed E-state index contributed by atoms with van der Waals surface area (Å²) in [6.45, 7) is 7.08. The summed E-state index contributed by atoms with van der Waals surface area (Å²) in [5.74, 6) is -0.584. The monoisotopic (exact) mass is 299 g/mol. The van der Waals surface area contributed by atoms with Gasteiger partial charge in [0.1, 0.15) is 5.82 Å². The summed E-state index contributed by atoms with van der Waals surface area (Å²) < 4.78 is 14.4. The van der Waals surface area contributed by atoms with Crippen molar-refractivity contribution in [2.75, 3.05) is 13.1 Å². The van der Waals surface area contributed by atoms with Crippen LogP contribution in [0.15, 0.2) is 48.5 Å². The fraction of sp³-hybridized carbons (Fsp3) is 0.316. The second-order valence-corrected chi connectivity index (χ2v) is 5.34. The SMILES string of the molecule is CCN(CC)C(=O)C(C)c1ccc(-c2ccccc2)c(F)c1. The van der Waals surface area contributed by atoms with Crippen molar-refractivity contribution in [2.24, 2.45) is 0 Å². The quantitative estimate of drug-likeness (QED) is 0.798. The van der Waals surface area contributed by atoms with Gasteiger partial charge in [-0.25, -0.2) is 4.39 Å². The molecule has 0 aliphatic heterocycles. The minimum Gasteiger partial charge on any atom is -0.343 e. The molecule has 1 amide bonds. The molecule has 2 aromatic rings. The molecule has 22 heavy (non-hydrogen) atoms. The zero-order valence-electron chi connectivity index (χ0n) is 13.3. The average Bonchev–Trinajstić information content (AvgIpc) is 2.55. The van der Waals surface area contributed by atoms with Crippen LogP contribution in [0, 0.1) is 5.82 Å². The van der Waals surface area contributed by atoms with E-state index in [0.717, 1.165) is 5.56 Å². The fourth-order valence-corrected chi connectivity index (χ4v) is 2.60. The Morgan fingerprint density at radius 2 is 1.73 bits per heavy atom.